The molecule has 196 valence electrons. The van der Waals surface area contributed by atoms with E-state index in [0.29, 0.717) is 28.0 Å². The molecule has 0 saturated heterocycles. The lowest BCUT2D eigenvalue weighted by Crippen LogP contribution is -2.35. The predicted molar refractivity (Wildman–Crippen MR) is 144 cm³/mol. The molecule has 0 saturated carbocycles. The van der Waals surface area contributed by atoms with E-state index in [1.165, 1.54) is 6.07 Å². The SMILES string of the molecule is CC1=CN[C@@H](c2nc(C(C)(C)O)ccc2C)C[C@H]1n1c(C)cc(OCc2cc(C)cc(F)n2)c(Br)c1=O. The summed E-state index contributed by atoms with van der Waals surface area (Å²) in [5.74, 6) is -0.185. The van der Waals surface area contributed by atoms with Crippen molar-refractivity contribution in [1.29, 1.82) is 0 Å². The van der Waals surface area contributed by atoms with Gasteiger partial charge in [0.15, 0.2) is 0 Å². The van der Waals surface area contributed by atoms with Gasteiger partial charge >= 0.3 is 0 Å². The number of hydrogen-bond donors (Lipinski definition) is 2. The molecule has 0 aromatic carbocycles. The molecule has 4 rings (SSSR count). The second kappa shape index (κ2) is 10.4. The highest BCUT2D eigenvalue weighted by molar-refractivity contribution is 9.10. The van der Waals surface area contributed by atoms with Gasteiger partial charge in [-0.15, -0.1) is 0 Å². The van der Waals surface area contributed by atoms with Gasteiger partial charge in [-0.1, -0.05) is 6.07 Å². The first-order valence-corrected chi connectivity index (χ1v) is 12.9. The molecule has 0 spiro atoms. The summed E-state index contributed by atoms with van der Waals surface area (Å²) in [7, 11) is 0. The van der Waals surface area contributed by atoms with Crippen LogP contribution in [0.1, 0.15) is 73.2 Å². The highest BCUT2D eigenvalue weighted by atomic mass is 79.9. The van der Waals surface area contributed by atoms with Crippen molar-refractivity contribution in [3.8, 4) is 5.75 Å². The van der Waals surface area contributed by atoms with Crippen LogP contribution in [0.4, 0.5) is 4.39 Å². The first-order chi connectivity index (χ1) is 17.3. The second-order valence-corrected chi connectivity index (χ2v) is 11.0. The number of aliphatic hydroxyl groups is 1. The quantitative estimate of drug-likeness (QED) is 0.383. The molecule has 1 aliphatic rings. The average molecular weight is 571 g/mol. The van der Waals surface area contributed by atoms with E-state index in [1.807, 2.05) is 39.1 Å². The third-order valence-electron chi connectivity index (χ3n) is 6.61. The van der Waals surface area contributed by atoms with Crippen LogP contribution >= 0.6 is 15.9 Å². The molecule has 0 radical (unpaired) electrons. The molecule has 1 aliphatic heterocycles. The topological polar surface area (TPSA) is 89.3 Å². The Morgan fingerprint density at radius 1 is 1.19 bits per heavy atom. The monoisotopic (exact) mass is 570 g/mol. The molecule has 4 heterocycles. The van der Waals surface area contributed by atoms with Crippen molar-refractivity contribution in [2.75, 3.05) is 0 Å². The van der Waals surface area contributed by atoms with E-state index in [4.69, 9.17) is 9.72 Å². The van der Waals surface area contributed by atoms with Crippen LogP contribution in [0, 0.1) is 26.7 Å². The van der Waals surface area contributed by atoms with Crippen LogP contribution in [-0.4, -0.2) is 19.6 Å². The van der Waals surface area contributed by atoms with Gasteiger partial charge in [0.25, 0.3) is 5.56 Å². The predicted octanol–water partition coefficient (Wildman–Crippen LogP) is 5.45. The zero-order chi connectivity index (χ0) is 27.1. The summed E-state index contributed by atoms with van der Waals surface area (Å²) in [6.07, 6.45) is 2.53. The lowest BCUT2D eigenvalue weighted by molar-refractivity contribution is 0.0734. The number of allylic oxidation sites excluding steroid dienone is 1. The Kier molecular flexibility index (Phi) is 7.57. The van der Waals surface area contributed by atoms with Gasteiger partial charge < -0.3 is 19.7 Å². The Bertz CT molecular complexity index is 1410. The number of rotatable bonds is 6. The van der Waals surface area contributed by atoms with Crippen molar-refractivity contribution in [2.24, 2.45) is 0 Å². The molecule has 0 bridgehead atoms. The van der Waals surface area contributed by atoms with Crippen LogP contribution in [0.15, 0.2) is 51.4 Å². The molecule has 2 N–H and O–H groups in total. The lowest BCUT2D eigenvalue weighted by atomic mass is 9.92. The first-order valence-electron chi connectivity index (χ1n) is 12.2. The van der Waals surface area contributed by atoms with Gasteiger partial charge in [-0.05, 0) is 105 Å². The smallest absolute Gasteiger partial charge is 0.269 e. The van der Waals surface area contributed by atoms with E-state index in [2.05, 4.69) is 26.2 Å². The zero-order valence-electron chi connectivity index (χ0n) is 21.9. The normalized spacial score (nSPS) is 17.8. The van der Waals surface area contributed by atoms with Crippen molar-refractivity contribution in [2.45, 2.75) is 72.3 Å². The van der Waals surface area contributed by atoms with Crippen molar-refractivity contribution < 1.29 is 14.2 Å². The molecule has 0 fully saturated rings. The zero-order valence-corrected chi connectivity index (χ0v) is 23.5. The van der Waals surface area contributed by atoms with Gasteiger partial charge in [0.1, 0.15) is 22.4 Å². The molecule has 2 atom stereocenters. The van der Waals surface area contributed by atoms with E-state index in [1.54, 1.807) is 37.5 Å². The number of halogens is 2. The van der Waals surface area contributed by atoms with Gasteiger partial charge in [-0.2, -0.15) is 4.39 Å². The molecule has 0 unspecified atom stereocenters. The Morgan fingerprint density at radius 3 is 2.59 bits per heavy atom. The number of nitrogens with zero attached hydrogens (tertiary/aromatic N) is 3. The summed E-state index contributed by atoms with van der Waals surface area (Å²) in [4.78, 5) is 22.2. The van der Waals surface area contributed by atoms with Crippen LogP contribution in [0.5, 0.6) is 5.75 Å². The fraction of sp³-hybridized carbons (Fsp3) is 0.393. The van der Waals surface area contributed by atoms with Crippen LogP contribution < -0.4 is 15.6 Å². The summed E-state index contributed by atoms with van der Waals surface area (Å²) in [6, 6.07) is 8.36. The minimum Gasteiger partial charge on any atom is -0.486 e. The minimum absolute atomic E-state index is 0.0386. The molecule has 0 amide bonds. The van der Waals surface area contributed by atoms with Crippen LogP contribution in [-0.2, 0) is 12.2 Å². The summed E-state index contributed by atoms with van der Waals surface area (Å²) >= 11 is 3.43. The lowest BCUT2D eigenvalue weighted by Gasteiger charge is -2.33. The third kappa shape index (κ3) is 5.78. The number of aromatic nitrogens is 3. The number of pyridine rings is 3. The molecule has 7 nitrogen and oxygen atoms in total. The molecular formula is C28H32BrFN4O3. The largest absolute Gasteiger partial charge is 0.486 e. The highest BCUT2D eigenvalue weighted by Crippen LogP contribution is 2.36. The van der Waals surface area contributed by atoms with Gasteiger partial charge in [0.2, 0.25) is 5.95 Å². The molecular weight excluding hydrogens is 539 g/mol. The Balaban J connectivity index is 1.64. The van der Waals surface area contributed by atoms with Gasteiger partial charge in [0, 0.05) is 11.8 Å². The second-order valence-electron chi connectivity index (χ2n) is 10.2. The number of nitrogens with one attached hydrogen (secondary N) is 1. The van der Waals surface area contributed by atoms with Crippen molar-refractivity contribution >= 4 is 15.9 Å². The summed E-state index contributed by atoms with van der Waals surface area (Å²) < 4.78 is 21.6. The fourth-order valence-electron chi connectivity index (χ4n) is 4.65. The molecule has 3 aromatic heterocycles. The standard InChI is InChI=1S/C28H32BrFN4O3/c1-15-9-19(32-24(30)10-15)14-37-22-11-18(4)34(27(35)25(22)29)21-12-20(31-13-17(21)3)26-16(2)7-8-23(33-26)28(5,6)36/h7-11,13,20-21,31,36H,12,14H2,1-6H3/t20-,21-/m1/s1. The van der Waals surface area contributed by atoms with Gasteiger partial charge in [0.05, 0.1) is 29.2 Å². The van der Waals surface area contributed by atoms with Crippen LogP contribution in [0.25, 0.3) is 0 Å². The van der Waals surface area contributed by atoms with Crippen molar-refractivity contribution in [1.82, 2.24) is 19.9 Å². The minimum atomic E-state index is -1.06. The third-order valence-corrected chi connectivity index (χ3v) is 7.34. The Labute approximate surface area is 224 Å². The van der Waals surface area contributed by atoms with E-state index >= 15 is 0 Å². The van der Waals surface area contributed by atoms with Gasteiger partial charge in [-0.3, -0.25) is 9.78 Å². The number of ether oxygens (including phenoxy) is 1. The Morgan fingerprint density at radius 2 is 1.92 bits per heavy atom. The first kappa shape index (κ1) is 27.0. The summed E-state index contributed by atoms with van der Waals surface area (Å²) in [5.41, 5.74) is 4.11. The molecule has 0 aliphatic carbocycles. The number of hydrogen-bond acceptors (Lipinski definition) is 6. The summed E-state index contributed by atoms with van der Waals surface area (Å²) in [6.45, 7) is 11.1. The van der Waals surface area contributed by atoms with E-state index in [0.717, 1.165) is 28.1 Å². The molecule has 37 heavy (non-hydrogen) atoms. The van der Waals surface area contributed by atoms with E-state index < -0.39 is 11.5 Å². The van der Waals surface area contributed by atoms with Crippen molar-refractivity contribution in [3.05, 3.63) is 96.8 Å². The maximum Gasteiger partial charge on any atom is 0.269 e. The van der Waals surface area contributed by atoms with E-state index in [-0.39, 0.29) is 24.2 Å². The van der Waals surface area contributed by atoms with Crippen LogP contribution in [0.2, 0.25) is 0 Å². The number of aryl methyl sites for hydroxylation is 3. The average Bonchev–Trinajstić information content (AvgIpc) is 2.81. The fourth-order valence-corrected chi connectivity index (χ4v) is 5.07. The maximum atomic E-state index is 13.7. The maximum absolute atomic E-state index is 13.7. The highest BCUT2D eigenvalue weighted by Gasteiger charge is 2.30. The van der Waals surface area contributed by atoms with Crippen LogP contribution in [0.3, 0.4) is 0 Å². The molecule has 9 heteroatoms. The Hall–Kier alpha value is -3.04. The summed E-state index contributed by atoms with van der Waals surface area (Å²) in [5, 5.41) is 13.9. The van der Waals surface area contributed by atoms with Gasteiger partial charge in [-0.25, -0.2) is 4.98 Å². The van der Waals surface area contributed by atoms with Crippen molar-refractivity contribution in [3.63, 3.8) is 0 Å². The van der Waals surface area contributed by atoms with E-state index in [9.17, 15) is 14.3 Å². The molecule has 3 aromatic rings.